The second kappa shape index (κ2) is 43.4. The molecule has 3 rings (SSSR count). The van der Waals surface area contributed by atoms with Crippen molar-refractivity contribution in [3.63, 3.8) is 0 Å². The van der Waals surface area contributed by atoms with E-state index < -0.39 is 124 Å². The van der Waals surface area contributed by atoms with E-state index in [4.69, 9.17) is 28.4 Å². The lowest BCUT2D eigenvalue weighted by molar-refractivity contribution is -0.379. The number of nitrogens with one attached hydrogen (secondary N) is 1. The zero-order chi connectivity index (χ0) is 57.6. The Labute approximate surface area is 472 Å². The van der Waals surface area contributed by atoms with Crippen LogP contribution in [0.1, 0.15) is 194 Å². The van der Waals surface area contributed by atoms with Crippen molar-refractivity contribution >= 4 is 5.91 Å². The number of aliphatic hydroxyl groups excluding tert-OH is 11. The number of rotatable bonds is 44. The van der Waals surface area contributed by atoms with E-state index in [0.717, 1.165) is 70.6 Å². The second-order valence-corrected chi connectivity index (χ2v) is 21.8. The van der Waals surface area contributed by atoms with Crippen molar-refractivity contribution < 1.29 is 89.4 Å². The highest BCUT2D eigenvalue weighted by atomic mass is 16.8. The highest BCUT2D eigenvalue weighted by molar-refractivity contribution is 5.76. The van der Waals surface area contributed by atoms with E-state index in [-0.39, 0.29) is 18.9 Å². The molecule has 12 N–H and O–H groups in total. The molecule has 3 fully saturated rings. The molecule has 3 aliphatic heterocycles. The monoisotopic (exact) mass is 1130 g/mol. The molecule has 0 radical (unpaired) electrons. The Morgan fingerprint density at radius 2 is 0.835 bits per heavy atom. The predicted molar refractivity (Wildman–Crippen MR) is 300 cm³/mol. The minimum absolute atomic E-state index is 0.233. The summed E-state index contributed by atoms with van der Waals surface area (Å²) < 4.78 is 34.2. The predicted octanol–water partition coefficient (Wildman–Crippen LogP) is 5.48. The van der Waals surface area contributed by atoms with Crippen LogP contribution in [0.2, 0.25) is 0 Å². The summed E-state index contributed by atoms with van der Waals surface area (Å²) in [5.41, 5.74) is 0. The summed E-state index contributed by atoms with van der Waals surface area (Å²) in [4.78, 5) is 13.3. The van der Waals surface area contributed by atoms with Gasteiger partial charge in [-0.2, -0.15) is 0 Å². The Balaban J connectivity index is 1.47. The van der Waals surface area contributed by atoms with Gasteiger partial charge in [0.25, 0.3) is 0 Å². The number of hydrogen-bond donors (Lipinski definition) is 12. The molecule has 0 aromatic carbocycles. The van der Waals surface area contributed by atoms with E-state index in [1.165, 1.54) is 96.3 Å². The number of unbranched alkanes of at least 4 members (excludes halogenated alkanes) is 22. The number of amides is 1. The van der Waals surface area contributed by atoms with E-state index >= 15 is 0 Å². The Morgan fingerprint density at radius 3 is 1.30 bits per heavy atom. The molecule has 3 aliphatic rings. The zero-order valence-electron chi connectivity index (χ0n) is 47.8. The molecule has 19 heteroatoms. The van der Waals surface area contributed by atoms with Crippen molar-refractivity contribution in [3.8, 4) is 0 Å². The fourth-order valence-corrected chi connectivity index (χ4v) is 10.1. The maximum atomic E-state index is 13.3. The number of allylic oxidation sites excluding steroid dienone is 7. The van der Waals surface area contributed by atoms with Crippen LogP contribution in [0.25, 0.3) is 0 Å². The van der Waals surface area contributed by atoms with Gasteiger partial charge in [-0.3, -0.25) is 4.79 Å². The van der Waals surface area contributed by atoms with Gasteiger partial charge in [0.05, 0.1) is 38.6 Å². The van der Waals surface area contributed by atoms with Crippen molar-refractivity contribution in [1.29, 1.82) is 0 Å². The topological polar surface area (TPSA) is 307 Å². The molecule has 0 spiro atoms. The highest BCUT2D eigenvalue weighted by Gasteiger charge is 2.53. The highest BCUT2D eigenvalue weighted by Crippen LogP contribution is 2.33. The smallest absolute Gasteiger partial charge is 0.220 e. The van der Waals surface area contributed by atoms with E-state index in [1.54, 1.807) is 6.08 Å². The standard InChI is InChI=1S/C60H107NO18/c1-3-5-7-9-11-13-15-16-17-18-19-20-21-22-23-24-25-26-28-30-32-34-36-38-48(66)61-43(44(65)37-35-33-31-29-27-14-12-10-8-6-4-2)42-74-58-54(72)51(69)56(46(40-63)76-58)79-60-55(73)52(70)57(47(41-64)77-60)78-59-53(71)50(68)49(67)45(39-62)75-59/h15-16,18-19,21-22,35,37,43-47,49-60,62-65,67-73H,3-14,17,20,23-34,36,38-42H2,1-2H3,(H,61,66)/b16-15-,19-18-,22-21-,37-35+. The van der Waals surface area contributed by atoms with Gasteiger partial charge in [-0.25, -0.2) is 0 Å². The van der Waals surface area contributed by atoms with Gasteiger partial charge in [-0.15, -0.1) is 0 Å². The molecular formula is C60H107NO18. The first-order valence-corrected chi connectivity index (χ1v) is 30.4. The van der Waals surface area contributed by atoms with Crippen molar-refractivity contribution in [2.45, 2.75) is 298 Å². The van der Waals surface area contributed by atoms with E-state index in [9.17, 15) is 61.0 Å². The molecule has 17 unspecified atom stereocenters. The molecule has 0 aliphatic carbocycles. The van der Waals surface area contributed by atoms with Crippen LogP contribution in [0.3, 0.4) is 0 Å². The van der Waals surface area contributed by atoms with Gasteiger partial charge in [0, 0.05) is 6.42 Å². The molecule has 1 amide bonds. The van der Waals surface area contributed by atoms with E-state index in [0.29, 0.717) is 6.42 Å². The lowest BCUT2D eigenvalue weighted by Crippen LogP contribution is -2.66. The zero-order valence-corrected chi connectivity index (χ0v) is 47.8. The van der Waals surface area contributed by atoms with Crippen molar-refractivity contribution in [1.82, 2.24) is 5.32 Å². The average Bonchev–Trinajstić information content (AvgIpc) is 3.49. The summed E-state index contributed by atoms with van der Waals surface area (Å²) >= 11 is 0. The number of carbonyl (C=O) groups excluding carboxylic acids is 1. The second-order valence-electron chi connectivity index (χ2n) is 21.8. The Morgan fingerprint density at radius 1 is 0.456 bits per heavy atom. The fourth-order valence-electron chi connectivity index (χ4n) is 10.1. The molecule has 0 saturated carbocycles. The van der Waals surface area contributed by atoms with Crippen molar-refractivity contribution in [2.24, 2.45) is 0 Å². The van der Waals surface area contributed by atoms with Crippen LogP contribution in [0.5, 0.6) is 0 Å². The number of carbonyl (C=O) groups is 1. The van der Waals surface area contributed by atoms with Crippen LogP contribution in [-0.4, -0.2) is 193 Å². The number of aliphatic hydroxyl groups is 11. The lowest BCUT2D eigenvalue weighted by atomic mass is 9.96. The SMILES string of the molecule is CCCCCCC/C=C\C/C=C\C/C=C\CCCCCCCCCCC(=O)NC(COC1OC(CO)C(OC2OC(CO)C(OC3OC(CO)C(O)C(O)C3O)C(O)C2O)C(O)C1O)C(O)/C=C/CCCCCCCCCCC. The van der Waals surface area contributed by atoms with Gasteiger partial charge in [0.2, 0.25) is 5.91 Å². The molecule has 79 heavy (non-hydrogen) atoms. The molecule has 17 atom stereocenters. The summed E-state index contributed by atoms with van der Waals surface area (Å²) in [5, 5.41) is 120. The van der Waals surface area contributed by atoms with Gasteiger partial charge in [0.15, 0.2) is 18.9 Å². The van der Waals surface area contributed by atoms with Crippen LogP contribution >= 0.6 is 0 Å². The van der Waals surface area contributed by atoms with Gasteiger partial charge in [-0.05, 0) is 57.8 Å². The van der Waals surface area contributed by atoms with Gasteiger partial charge < -0.3 is 89.9 Å². The first-order valence-electron chi connectivity index (χ1n) is 30.4. The van der Waals surface area contributed by atoms with Gasteiger partial charge in [-0.1, -0.05) is 178 Å². The van der Waals surface area contributed by atoms with E-state index in [2.05, 4.69) is 55.6 Å². The normalized spacial score (nSPS) is 30.6. The third-order valence-corrected chi connectivity index (χ3v) is 15.1. The quantitative estimate of drug-likeness (QED) is 0.0265. The molecule has 0 aromatic rings. The van der Waals surface area contributed by atoms with Gasteiger partial charge >= 0.3 is 0 Å². The van der Waals surface area contributed by atoms with Gasteiger partial charge in [0.1, 0.15) is 73.2 Å². The third-order valence-electron chi connectivity index (χ3n) is 15.1. The summed E-state index contributed by atoms with van der Waals surface area (Å²) in [6.07, 6.45) is 21.0. The van der Waals surface area contributed by atoms with Crippen LogP contribution in [0.4, 0.5) is 0 Å². The van der Waals surface area contributed by atoms with Crippen LogP contribution < -0.4 is 5.32 Å². The summed E-state index contributed by atoms with van der Waals surface area (Å²) in [5.74, 6) is -0.286. The van der Waals surface area contributed by atoms with E-state index in [1.807, 2.05) is 6.08 Å². The average molecular weight is 1130 g/mol. The molecular weight excluding hydrogens is 1020 g/mol. The Kier molecular flexibility index (Phi) is 39.0. The number of ether oxygens (including phenoxy) is 6. The molecule has 3 heterocycles. The minimum Gasteiger partial charge on any atom is -0.394 e. The first kappa shape index (κ1) is 71.0. The van der Waals surface area contributed by atoms with Crippen LogP contribution in [-0.2, 0) is 33.2 Å². The molecule has 19 nitrogen and oxygen atoms in total. The molecule has 460 valence electrons. The summed E-state index contributed by atoms with van der Waals surface area (Å²) in [7, 11) is 0. The van der Waals surface area contributed by atoms with Crippen molar-refractivity contribution in [2.75, 3.05) is 26.4 Å². The lowest BCUT2D eigenvalue weighted by Gasteiger charge is -2.48. The van der Waals surface area contributed by atoms with Crippen molar-refractivity contribution in [3.05, 3.63) is 48.6 Å². The molecule has 0 bridgehead atoms. The minimum atomic E-state index is -1.98. The Bertz CT molecular complexity index is 1630. The first-order chi connectivity index (χ1) is 38.3. The Hall–Kier alpha value is -2.25. The molecule has 3 saturated heterocycles. The molecule has 0 aromatic heterocycles. The number of hydrogen-bond acceptors (Lipinski definition) is 18. The van der Waals surface area contributed by atoms with Crippen LogP contribution in [0, 0.1) is 0 Å². The maximum absolute atomic E-state index is 13.3. The third kappa shape index (κ3) is 27.3. The largest absolute Gasteiger partial charge is 0.394 e. The summed E-state index contributed by atoms with van der Waals surface area (Å²) in [6, 6.07) is -0.976. The van der Waals surface area contributed by atoms with Crippen LogP contribution in [0.15, 0.2) is 48.6 Å². The maximum Gasteiger partial charge on any atom is 0.220 e. The fraction of sp³-hybridized carbons (Fsp3) is 0.850. The summed E-state index contributed by atoms with van der Waals surface area (Å²) in [6.45, 7) is 1.67.